The molecule has 2 heteroatoms. The monoisotopic (exact) mass is 255 g/mol. The van der Waals surface area contributed by atoms with Crippen LogP contribution in [0, 0.1) is 0 Å². The van der Waals surface area contributed by atoms with Gasteiger partial charge in [0.15, 0.2) is 0 Å². The minimum atomic E-state index is -0.352. The van der Waals surface area contributed by atoms with E-state index < -0.39 is 0 Å². The van der Waals surface area contributed by atoms with Crippen molar-refractivity contribution in [2.45, 2.75) is 89.6 Å². The summed E-state index contributed by atoms with van der Waals surface area (Å²) >= 11 is 0. The Kier molecular flexibility index (Phi) is 10.1. The summed E-state index contributed by atoms with van der Waals surface area (Å²) in [7, 11) is -0.352. The fraction of sp³-hybridized carbons (Fsp3) is 1.00. The molecule has 1 fully saturated rings. The van der Waals surface area contributed by atoms with E-state index in [4.69, 9.17) is 4.43 Å². The van der Waals surface area contributed by atoms with Crippen molar-refractivity contribution in [3.63, 3.8) is 0 Å². The van der Waals surface area contributed by atoms with Crippen LogP contribution in [0.4, 0.5) is 0 Å². The predicted molar refractivity (Wildman–Crippen MR) is 77.8 cm³/mol. The lowest BCUT2D eigenvalue weighted by Crippen LogP contribution is -2.22. The van der Waals surface area contributed by atoms with Gasteiger partial charge in [-0.05, 0) is 18.5 Å². The van der Waals surface area contributed by atoms with Gasteiger partial charge in [-0.3, -0.25) is 0 Å². The summed E-state index contributed by atoms with van der Waals surface area (Å²) in [5.41, 5.74) is 0. The van der Waals surface area contributed by atoms with Crippen molar-refractivity contribution in [3.8, 4) is 0 Å². The van der Waals surface area contributed by atoms with Gasteiger partial charge < -0.3 is 4.43 Å². The molecule has 1 heterocycles. The average molecular weight is 255 g/mol. The third-order valence-electron chi connectivity index (χ3n) is 3.72. The van der Waals surface area contributed by atoms with Crippen LogP contribution in [0.1, 0.15) is 77.6 Å². The zero-order chi connectivity index (χ0) is 12.2. The van der Waals surface area contributed by atoms with Gasteiger partial charge in [0.05, 0.1) is 0 Å². The summed E-state index contributed by atoms with van der Waals surface area (Å²) in [5, 5.41) is 0. The van der Waals surface area contributed by atoms with Crippen LogP contribution < -0.4 is 0 Å². The second-order valence-corrected chi connectivity index (χ2v) is 7.79. The van der Waals surface area contributed by atoms with E-state index in [9.17, 15) is 0 Å². The number of rotatable bonds is 10. The highest BCUT2D eigenvalue weighted by Crippen LogP contribution is 2.18. The maximum Gasteiger partial charge on any atom is 0.211 e. The minimum absolute atomic E-state index is 0.352. The lowest BCUT2D eigenvalue weighted by molar-refractivity contribution is 0.285. The standard InChI is InChI=1S/C15H31OSi/c1-2-3-4-5-6-7-8-9-11-14-17-15-12-10-13-16-17/h2-15H2,1H3. The molecule has 0 aromatic heterocycles. The molecule has 1 radical (unpaired) electrons. The molecular weight excluding hydrogens is 224 g/mol. The minimum Gasteiger partial charge on any atom is -0.417 e. The van der Waals surface area contributed by atoms with Crippen molar-refractivity contribution < 1.29 is 4.43 Å². The van der Waals surface area contributed by atoms with E-state index in [0.717, 1.165) is 6.61 Å². The van der Waals surface area contributed by atoms with Crippen molar-refractivity contribution in [1.82, 2.24) is 0 Å². The Hall–Kier alpha value is 0.177. The van der Waals surface area contributed by atoms with Crippen LogP contribution in [0.15, 0.2) is 0 Å². The van der Waals surface area contributed by atoms with Gasteiger partial charge in [0.1, 0.15) is 0 Å². The van der Waals surface area contributed by atoms with Crippen LogP contribution in [-0.2, 0) is 4.43 Å². The first-order valence-corrected chi connectivity index (χ1v) is 9.73. The lowest BCUT2D eigenvalue weighted by Gasteiger charge is -2.19. The zero-order valence-corrected chi connectivity index (χ0v) is 12.8. The summed E-state index contributed by atoms with van der Waals surface area (Å²) in [6.45, 7) is 3.35. The zero-order valence-electron chi connectivity index (χ0n) is 11.8. The van der Waals surface area contributed by atoms with Crippen molar-refractivity contribution in [1.29, 1.82) is 0 Å². The van der Waals surface area contributed by atoms with E-state index in [1.165, 1.54) is 82.7 Å². The van der Waals surface area contributed by atoms with Crippen LogP contribution >= 0.6 is 0 Å². The van der Waals surface area contributed by atoms with E-state index in [-0.39, 0.29) is 9.04 Å². The molecule has 1 rings (SSSR count). The van der Waals surface area contributed by atoms with Crippen LogP contribution in [0.25, 0.3) is 0 Å². The van der Waals surface area contributed by atoms with Crippen LogP contribution in [0.5, 0.6) is 0 Å². The molecule has 1 saturated heterocycles. The Morgan fingerprint density at radius 1 is 0.824 bits per heavy atom. The molecular formula is C15H31OSi. The largest absolute Gasteiger partial charge is 0.417 e. The molecule has 101 valence electrons. The van der Waals surface area contributed by atoms with Crippen molar-refractivity contribution >= 4 is 9.04 Å². The molecule has 0 aliphatic carbocycles. The third-order valence-corrected chi connectivity index (χ3v) is 6.15. The van der Waals surface area contributed by atoms with Gasteiger partial charge in [0, 0.05) is 6.61 Å². The predicted octanol–water partition coefficient (Wildman–Crippen LogP) is 5.32. The molecule has 0 saturated carbocycles. The molecule has 0 aromatic rings. The Labute approximate surface area is 110 Å². The summed E-state index contributed by atoms with van der Waals surface area (Å²) in [6, 6.07) is 2.84. The number of hydrogen-bond acceptors (Lipinski definition) is 1. The van der Waals surface area contributed by atoms with Gasteiger partial charge in [0.2, 0.25) is 9.04 Å². The first-order valence-electron chi connectivity index (χ1n) is 7.91. The Morgan fingerprint density at radius 2 is 1.47 bits per heavy atom. The molecule has 0 bridgehead atoms. The van der Waals surface area contributed by atoms with Gasteiger partial charge in [-0.2, -0.15) is 0 Å². The molecule has 17 heavy (non-hydrogen) atoms. The highest BCUT2D eigenvalue weighted by molar-refractivity contribution is 6.51. The highest BCUT2D eigenvalue weighted by atomic mass is 28.3. The quantitative estimate of drug-likeness (QED) is 0.379. The van der Waals surface area contributed by atoms with Gasteiger partial charge >= 0.3 is 0 Å². The number of unbranched alkanes of at least 4 members (excludes halogenated alkanes) is 8. The highest BCUT2D eigenvalue weighted by Gasteiger charge is 2.16. The second-order valence-electron chi connectivity index (χ2n) is 5.42. The molecule has 0 aromatic carbocycles. The summed E-state index contributed by atoms with van der Waals surface area (Å²) in [6.07, 6.45) is 15.7. The molecule has 0 amide bonds. The molecule has 0 unspecified atom stereocenters. The Balaban J connectivity index is 1.75. The van der Waals surface area contributed by atoms with E-state index >= 15 is 0 Å². The normalized spacial score (nSPS) is 17.5. The molecule has 1 aliphatic rings. The van der Waals surface area contributed by atoms with E-state index in [1.54, 1.807) is 0 Å². The number of hydrogen-bond donors (Lipinski definition) is 0. The van der Waals surface area contributed by atoms with Crippen LogP contribution in [0.2, 0.25) is 12.1 Å². The fourth-order valence-electron chi connectivity index (χ4n) is 2.54. The molecule has 0 atom stereocenters. The summed E-state index contributed by atoms with van der Waals surface area (Å²) in [5.74, 6) is 0. The molecule has 0 N–H and O–H groups in total. The topological polar surface area (TPSA) is 9.23 Å². The maximum atomic E-state index is 5.85. The van der Waals surface area contributed by atoms with Crippen molar-refractivity contribution in [3.05, 3.63) is 0 Å². The SMILES string of the molecule is CCCCCCCCCCC[Si]1CCCCO1. The molecule has 1 nitrogen and oxygen atoms in total. The van der Waals surface area contributed by atoms with Gasteiger partial charge in [-0.15, -0.1) is 0 Å². The summed E-state index contributed by atoms with van der Waals surface area (Å²) < 4.78 is 5.85. The molecule has 1 aliphatic heterocycles. The first kappa shape index (κ1) is 15.2. The van der Waals surface area contributed by atoms with Crippen molar-refractivity contribution in [2.24, 2.45) is 0 Å². The first-order chi connectivity index (χ1) is 8.43. The van der Waals surface area contributed by atoms with E-state index in [0.29, 0.717) is 0 Å². The fourth-order valence-corrected chi connectivity index (χ4v) is 4.80. The van der Waals surface area contributed by atoms with Gasteiger partial charge in [-0.25, -0.2) is 0 Å². The smallest absolute Gasteiger partial charge is 0.211 e. The van der Waals surface area contributed by atoms with Crippen LogP contribution in [0.3, 0.4) is 0 Å². The van der Waals surface area contributed by atoms with Gasteiger partial charge in [0.25, 0.3) is 0 Å². The third kappa shape index (κ3) is 8.84. The molecule has 0 spiro atoms. The van der Waals surface area contributed by atoms with E-state index in [2.05, 4.69) is 6.92 Å². The van der Waals surface area contributed by atoms with Crippen LogP contribution in [-0.4, -0.2) is 15.6 Å². The maximum absolute atomic E-state index is 5.85. The van der Waals surface area contributed by atoms with Gasteiger partial charge in [-0.1, -0.05) is 71.1 Å². The van der Waals surface area contributed by atoms with E-state index in [1.807, 2.05) is 0 Å². The van der Waals surface area contributed by atoms with Crippen molar-refractivity contribution in [2.75, 3.05) is 6.61 Å². The summed E-state index contributed by atoms with van der Waals surface area (Å²) in [4.78, 5) is 0. The lowest BCUT2D eigenvalue weighted by atomic mass is 10.1. The Bertz CT molecular complexity index is 155. The Morgan fingerprint density at radius 3 is 2.06 bits per heavy atom. The average Bonchev–Trinajstić information content (AvgIpc) is 2.38. The second kappa shape index (κ2) is 11.3.